The van der Waals surface area contributed by atoms with Crippen molar-refractivity contribution in [2.45, 2.75) is 19.0 Å². The standard InChI is InChI=1S/C24H23N7O2/c1-14-12-33-13-20(19-11-30-8-4-3-5-21(30)27-19)31(14)24(32)15-6-7-18-16(9-15)17-10-26-29(2)22(17)23(25)28-18/h3-11,14,20H,12-13H2,1-2H3,(H2,25,28). The lowest BCUT2D eigenvalue weighted by Crippen LogP contribution is -2.49. The molecule has 2 N–H and O–H groups in total. The van der Waals surface area contributed by atoms with Gasteiger partial charge in [-0.2, -0.15) is 5.10 Å². The van der Waals surface area contributed by atoms with Gasteiger partial charge in [-0.15, -0.1) is 0 Å². The van der Waals surface area contributed by atoms with E-state index in [9.17, 15) is 4.79 Å². The van der Waals surface area contributed by atoms with Crippen molar-refractivity contribution in [2.75, 3.05) is 18.9 Å². The maximum atomic E-state index is 13.8. The lowest BCUT2D eigenvalue weighted by molar-refractivity contribution is -0.0326. The molecule has 1 aliphatic rings. The molecule has 0 aliphatic carbocycles. The molecule has 5 aromatic rings. The van der Waals surface area contributed by atoms with Crippen LogP contribution < -0.4 is 5.73 Å². The number of aryl methyl sites for hydroxylation is 1. The number of hydrogen-bond acceptors (Lipinski definition) is 6. The van der Waals surface area contributed by atoms with Crippen molar-refractivity contribution in [3.63, 3.8) is 0 Å². The van der Waals surface area contributed by atoms with E-state index in [0.717, 1.165) is 33.1 Å². The molecule has 0 spiro atoms. The Bertz CT molecular complexity index is 1500. The highest BCUT2D eigenvalue weighted by Gasteiger charge is 2.35. The zero-order chi connectivity index (χ0) is 22.7. The van der Waals surface area contributed by atoms with Crippen LogP contribution in [0.25, 0.3) is 27.5 Å². The molecular formula is C24H23N7O2. The van der Waals surface area contributed by atoms with Gasteiger partial charge in [0.25, 0.3) is 5.91 Å². The Balaban J connectivity index is 1.44. The number of carbonyl (C=O) groups excluding carboxylic acids is 1. The second-order valence-electron chi connectivity index (χ2n) is 8.51. The van der Waals surface area contributed by atoms with Crippen molar-refractivity contribution in [3.8, 4) is 0 Å². The van der Waals surface area contributed by atoms with Gasteiger partial charge in [0.1, 0.15) is 17.0 Å². The van der Waals surface area contributed by atoms with Crippen LogP contribution >= 0.6 is 0 Å². The van der Waals surface area contributed by atoms with Crippen molar-refractivity contribution in [1.29, 1.82) is 0 Å². The normalized spacial score (nSPS) is 19.0. The van der Waals surface area contributed by atoms with Gasteiger partial charge in [-0.05, 0) is 37.3 Å². The number of nitrogen functional groups attached to an aromatic ring is 1. The molecule has 1 aliphatic heterocycles. The molecular weight excluding hydrogens is 418 g/mol. The van der Waals surface area contributed by atoms with Gasteiger partial charge in [-0.3, -0.25) is 9.48 Å². The topological polar surface area (TPSA) is 104 Å². The van der Waals surface area contributed by atoms with Gasteiger partial charge >= 0.3 is 0 Å². The number of pyridine rings is 2. The number of nitrogens with two attached hydrogens (primary N) is 1. The number of benzene rings is 1. The van der Waals surface area contributed by atoms with E-state index >= 15 is 0 Å². The number of nitrogens with zero attached hydrogens (tertiary/aromatic N) is 6. The number of hydrogen-bond donors (Lipinski definition) is 1. The van der Waals surface area contributed by atoms with Crippen molar-refractivity contribution in [2.24, 2.45) is 7.05 Å². The van der Waals surface area contributed by atoms with Gasteiger partial charge < -0.3 is 19.8 Å². The fourth-order valence-corrected chi connectivity index (χ4v) is 4.75. The third-order valence-corrected chi connectivity index (χ3v) is 6.36. The Morgan fingerprint density at radius 2 is 2.03 bits per heavy atom. The monoisotopic (exact) mass is 441 g/mol. The second kappa shape index (κ2) is 7.28. The number of amides is 1. The molecule has 1 amide bonds. The van der Waals surface area contributed by atoms with E-state index in [4.69, 9.17) is 15.5 Å². The van der Waals surface area contributed by atoms with E-state index < -0.39 is 0 Å². The first kappa shape index (κ1) is 19.7. The number of ether oxygens (including phenoxy) is 1. The van der Waals surface area contributed by atoms with Crippen LogP contribution in [0.4, 0.5) is 5.82 Å². The molecule has 4 aromatic heterocycles. The Labute approximate surface area is 189 Å². The fraction of sp³-hybridized carbons (Fsp3) is 0.250. The van der Waals surface area contributed by atoms with Crippen LogP contribution in [0.5, 0.6) is 0 Å². The number of carbonyl (C=O) groups is 1. The Morgan fingerprint density at radius 1 is 1.15 bits per heavy atom. The summed E-state index contributed by atoms with van der Waals surface area (Å²) in [6, 6.07) is 11.0. The van der Waals surface area contributed by atoms with Crippen molar-refractivity contribution < 1.29 is 9.53 Å². The smallest absolute Gasteiger partial charge is 0.254 e. The van der Waals surface area contributed by atoms with Crippen LogP contribution in [-0.4, -0.2) is 54.2 Å². The number of rotatable bonds is 2. The zero-order valence-corrected chi connectivity index (χ0v) is 18.3. The average molecular weight is 441 g/mol. The molecule has 166 valence electrons. The van der Waals surface area contributed by atoms with Gasteiger partial charge in [-0.25, -0.2) is 9.97 Å². The number of anilines is 1. The van der Waals surface area contributed by atoms with Crippen LogP contribution in [0.15, 0.2) is 55.0 Å². The van der Waals surface area contributed by atoms with Crippen LogP contribution in [0.3, 0.4) is 0 Å². The predicted molar refractivity (Wildman–Crippen MR) is 125 cm³/mol. The fourth-order valence-electron chi connectivity index (χ4n) is 4.75. The van der Waals surface area contributed by atoms with Gasteiger partial charge in [0.2, 0.25) is 0 Å². The largest absolute Gasteiger partial charge is 0.382 e. The summed E-state index contributed by atoms with van der Waals surface area (Å²) in [4.78, 5) is 25.0. The summed E-state index contributed by atoms with van der Waals surface area (Å²) in [6.45, 7) is 2.88. The molecule has 9 heteroatoms. The van der Waals surface area contributed by atoms with E-state index in [0.29, 0.717) is 24.6 Å². The summed E-state index contributed by atoms with van der Waals surface area (Å²) in [7, 11) is 1.83. The Hall–Kier alpha value is -3.98. The third-order valence-electron chi connectivity index (χ3n) is 6.36. The molecule has 5 heterocycles. The third kappa shape index (κ3) is 3.04. The molecule has 9 nitrogen and oxygen atoms in total. The van der Waals surface area contributed by atoms with Gasteiger partial charge in [0, 0.05) is 35.8 Å². The van der Waals surface area contributed by atoms with Crippen LogP contribution in [0, 0.1) is 0 Å². The number of fused-ring (bicyclic) bond motifs is 4. The summed E-state index contributed by atoms with van der Waals surface area (Å²) < 4.78 is 9.49. The summed E-state index contributed by atoms with van der Waals surface area (Å²) in [5, 5.41) is 6.06. The zero-order valence-electron chi connectivity index (χ0n) is 18.3. The summed E-state index contributed by atoms with van der Waals surface area (Å²) in [5.74, 6) is 0.355. The summed E-state index contributed by atoms with van der Waals surface area (Å²) in [5.41, 5.74) is 9.87. The molecule has 2 atom stereocenters. The van der Waals surface area contributed by atoms with E-state index in [1.54, 1.807) is 10.9 Å². The molecule has 1 saturated heterocycles. The molecule has 1 fully saturated rings. The summed E-state index contributed by atoms with van der Waals surface area (Å²) in [6.07, 6.45) is 5.68. The van der Waals surface area contributed by atoms with E-state index in [1.807, 2.05) is 72.1 Å². The average Bonchev–Trinajstić information content (AvgIpc) is 3.42. The highest BCUT2D eigenvalue weighted by atomic mass is 16.5. The second-order valence-corrected chi connectivity index (χ2v) is 8.51. The first-order valence-corrected chi connectivity index (χ1v) is 10.9. The van der Waals surface area contributed by atoms with Crippen molar-refractivity contribution in [3.05, 3.63) is 66.2 Å². The highest BCUT2D eigenvalue weighted by Crippen LogP contribution is 2.32. The first-order valence-electron chi connectivity index (χ1n) is 10.9. The number of morpholine rings is 1. The van der Waals surface area contributed by atoms with Gasteiger partial charge in [-0.1, -0.05) is 6.07 Å². The Morgan fingerprint density at radius 3 is 2.88 bits per heavy atom. The van der Waals surface area contributed by atoms with Crippen LogP contribution in [0.1, 0.15) is 29.0 Å². The predicted octanol–water partition coefficient (Wildman–Crippen LogP) is 2.95. The minimum atomic E-state index is -0.278. The molecule has 6 rings (SSSR count). The maximum absolute atomic E-state index is 13.8. The quantitative estimate of drug-likeness (QED) is 0.452. The van der Waals surface area contributed by atoms with Gasteiger partial charge in [0.15, 0.2) is 0 Å². The molecule has 0 bridgehead atoms. The van der Waals surface area contributed by atoms with Crippen LogP contribution in [0.2, 0.25) is 0 Å². The molecule has 0 saturated carbocycles. The SMILES string of the molecule is CC1COCC(c2cn3ccccc3n2)N1C(=O)c1ccc2nc(N)c3c(cnn3C)c2c1. The minimum absolute atomic E-state index is 0.0661. The minimum Gasteiger partial charge on any atom is -0.382 e. The molecule has 1 aromatic carbocycles. The number of aromatic nitrogens is 5. The maximum Gasteiger partial charge on any atom is 0.254 e. The van der Waals surface area contributed by atoms with Crippen molar-refractivity contribution in [1.82, 2.24) is 29.0 Å². The Kier molecular flexibility index (Phi) is 4.34. The highest BCUT2D eigenvalue weighted by molar-refractivity contribution is 6.10. The summed E-state index contributed by atoms with van der Waals surface area (Å²) >= 11 is 0. The van der Waals surface area contributed by atoms with Crippen LogP contribution in [-0.2, 0) is 11.8 Å². The molecule has 2 unspecified atom stereocenters. The van der Waals surface area contributed by atoms with E-state index in [2.05, 4.69) is 10.1 Å². The van der Waals surface area contributed by atoms with Gasteiger partial charge in [0.05, 0.1) is 42.7 Å². The van der Waals surface area contributed by atoms with E-state index in [-0.39, 0.29) is 18.0 Å². The van der Waals surface area contributed by atoms with Crippen molar-refractivity contribution >= 4 is 39.2 Å². The first-order chi connectivity index (χ1) is 16.0. The lowest BCUT2D eigenvalue weighted by atomic mass is 10.0. The lowest BCUT2D eigenvalue weighted by Gasteiger charge is -2.39. The van der Waals surface area contributed by atoms with E-state index in [1.165, 1.54) is 0 Å². The number of imidazole rings is 1. The molecule has 33 heavy (non-hydrogen) atoms. The molecule has 0 radical (unpaired) electrons.